The van der Waals surface area contributed by atoms with E-state index in [2.05, 4.69) is 0 Å². The largest absolute Gasteiger partial charge is 0.491 e. The smallest absolute Gasteiger partial charge is 0.417 e. The predicted octanol–water partition coefficient (Wildman–Crippen LogP) is 7.80. The molecule has 0 bridgehead atoms. The predicted molar refractivity (Wildman–Crippen MR) is 130 cm³/mol. The highest BCUT2D eigenvalue weighted by Gasteiger charge is 2.37. The van der Waals surface area contributed by atoms with Gasteiger partial charge in [0.15, 0.2) is 5.76 Å². The fourth-order valence-corrected chi connectivity index (χ4v) is 4.05. The number of benzene rings is 2. The number of pyridine rings is 1. The molecule has 4 aromatic rings. The molecule has 2 aromatic heterocycles. The molecule has 0 aliphatic carbocycles. The summed E-state index contributed by atoms with van der Waals surface area (Å²) < 4.78 is 121. The second kappa shape index (κ2) is 10.8. The highest BCUT2D eigenvalue weighted by atomic mass is 19.4. The summed E-state index contributed by atoms with van der Waals surface area (Å²) in [4.78, 5) is 13.1. The van der Waals surface area contributed by atoms with Crippen molar-refractivity contribution in [2.45, 2.75) is 38.8 Å². The van der Waals surface area contributed by atoms with Gasteiger partial charge in [0.25, 0.3) is 5.56 Å². The average molecular weight is 582 g/mol. The van der Waals surface area contributed by atoms with Gasteiger partial charge in [0.1, 0.15) is 29.0 Å². The summed E-state index contributed by atoms with van der Waals surface area (Å²) in [5.74, 6) is -2.59. The van der Waals surface area contributed by atoms with Crippen LogP contribution >= 0.6 is 0 Å². The van der Waals surface area contributed by atoms with E-state index < -0.39 is 70.3 Å². The summed E-state index contributed by atoms with van der Waals surface area (Å²) in [5, 5.41) is 9.32. The van der Waals surface area contributed by atoms with Crippen molar-refractivity contribution < 1.29 is 44.3 Å². The van der Waals surface area contributed by atoms with Crippen LogP contribution in [-0.4, -0.2) is 10.7 Å². The first-order valence-electron chi connectivity index (χ1n) is 11.8. The van der Waals surface area contributed by atoms with Gasteiger partial charge in [0.05, 0.1) is 35.7 Å². The van der Waals surface area contributed by atoms with Crippen molar-refractivity contribution in [3.63, 3.8) is 0 Å². The molecule has 0 aliphatic heterocycles. The van der Waals surface area contributed by atoms with Gasteiger partial charge in [0.2, 0.25) is 0 Å². The van der Waals surface area contributed by atoms with Crippen molar-refractivity contribution in [1.29, 1.82) is 5.26 Å². The second-order valence-corrected chi connectivity index (χ2v) is 9.16. The Morgan fingerprint density at radius 1 is 0.951 bits per heavy atom. The van der Waals surface area contributed by atoms with Gasteiger partial charge >= 0.3 is 12.4 Å². The Bertz CT molecular complexity index is 1710. The number of rotatable bonds is 6. The molecule has 0 fully saturated rings. The fourth-order valence-electron chi connectivity index (χ4n) is 4.05. The minimum absolute atomic E-state index is 0.00964. The number of alkyl halides is 6. The van der Waals surface area contributed by atoms with Crippen LogP contribution in [-0.2, 0) is 18.9 Å². The number of furan rings is 1. The Morgan fingerprint density at radius 2 is 1.66 bits per heavy atom. The van der Waals surface area contributed by atoms with Gasteiger partial charge in [-0.05, 0) is 55.8 Å². The molecule has 41 heavy (non-hydrogen) atoms. The Balaban J connectivity index is 1.93. The lowest BCUT2D eigenvalue weighted by Gasteiger charge is -2.16. The number of hydrogen-bond acceptors (Lipinski definition) is 4. The molecule has 0 unspecified atom stereocenters. The van der Waals surface area contributed by atoms with Gasteiger partial charge in [0, 0.05) is 17.2 Å². The van der Waals surface area contributed by atoms with Crippen molar-refractivity contribution in [3.8, 4) is 34.4 Å². The molecule has 214 valence electrons. The molecule has 0 saturated heterocycles. The van der Waals surface area contributed by atoms with Crippen molar-refractivity contribution in [2.24, 2.45) is 0 Å². The maximum Gasteiger partial charge on any atom is 0.417 e. The minimum atomic E-state index is -5.15. The average Bonchev–Trinajstić information content (AvgIpc) is 3.35. The summed E-state index contributed by atoms with van der Waals surface area (Å²) in [6, 6.07) is 7.93. The first-order chi connectivity index (χ1) is 19.1. The topological polar surface area (TPSA) is 68.2 Å². The van der Waals surface area contributed by atoms with E-state index in [1.807, 2.05) is 0 Å². The van der Waals surface area contributed by atoms with E-state index in [1.165, 1.54) is 12.1 Å². The van der Waals surface area contributed by atoms with Crippen molar-refractivity contribution in [1.82, 2.24) is 4.57 Å². The van der Waals surface area contributed by atoms with Gasteiger partial charge < -0.3 is 9.15 Å². The zero-order chi connectivity index (χ0) is 30.3. The number of halogens is 8. The highest BCUT2D eigenvalue weighted by molar-refractivity contribution is 5.71. The molecule has 0 atom stereocenters. The van der Waals surface area contributed by atoms with Crippen LogP contribution in [0.25, 0.3) is 22.6 Å². The highest BCUT2D eigenvalue weighted by Crippen LogP contribution is 2.39. The first-order valence-corrected chi connectivity index (χ1v) is 11.8. The molecular formula is C28H18F8N2O3. The van der Waals surface area contributed by atoms with Crippen LogP contribution in [0.4, 0.5) is 35.1 Å². The Morgan fingerprint density at radius 3 is 2.24 bits per heavy atom. The van der Waals surface area contributed by atoms with Crippen LogP contribution in [0.15, 0.2) is 64.0 Å². The number of nitriles is 1. The Hall–Kier alpha value is -4.60. The third kappa shape index (κ3) is 6.26. The summed E-state index contributed by atoms with van der Waals surface area (Å²) in [6.07, 6.45) is -9.43. The molecule has 0 spiro atoms. The van der Waals surface area contributed by atoms with Crippen molar-refractivity contribution in [3.05, 3.63) is 99.0 Å². The van der Waals surface area contributed by atoms with E-state index in [0.29, 0.717) is 16.7 Å². The van der Waals surface area contributed by atoms with Gasteiger partial charge in [-0.2, -0.15) is 31.6 Å². The van der Waals surface area contributed by atoms with Gasteiger partial charge in [-0.3, -0.25) is 9.36 Å². The molecule has 0 N–H and O–H groups in total. The number of aromatic nitrogens is 1. The summed E-state index contributed by atoms with van der Waals surface area (Å²) in [7, 11) is 0. The number of hydrogen-bond donors (Lipinski definition) is 0. The molecule has 0 radical (unpaired) electrons. The SMILES string of the molecule is CC(C)Oc1cc(-c2coc(-c3cc(C(F)(F)F)c(C#N)c(=O)n3Cc3ccc(F)cc3F)c2)cc(C(F)(F)F)c1. The molecule has 2 aromatic carbocycles. The molecule has 4 rings (SSSR count). The normalized spacial score (nSPS) is 12.0. The second-order valence-electron chi connectivity index (χ2n) is 9.16. The van der Waals surface area contributed by atoms with E-state index in [1.54, 1.807) is 13.8 Å². The van der Waals surface area contributed by atoms with Crippen molar-refractivity contribution >= 4 is 0 Å². The molecule has 13 heteroatoms. The fraction of sp³-hybridized carbons (Fsp3) is 0.214. The van der Waals surface area contributed by atoms with Crippen LogP contribution in [0.1, 0.15) is 36.1 Å². The summed E-state index contributed by atoms with van der Waals surface area (Å²) in [5.41, 5.74) is -6.29. The monoisotopic (exact) mass is 582 g/mol. The zero-order valence-corrected chi connectivity index (χ0v) is 21.1. The molecule has 0 saturated carbocycles. The van der Waals surface area contributed by atoms with Crippen LogP contribution in [0, 0.1) is 23.0 Å². The standard InChI is InChI=1S/C28H18F8N2O3/c1-14(2)41-20-6-16(5-18(8-20)27(31,32)33)17-7-25(40-13-17)24-10-22(28(34,35)36)21(11-37)26(39)38(24)12-15-3-4-19(29)9-23(15)30/h3-10,13-14H,12H2,1-2H3. The van der Waals surface area contributed by atoms with Crippen LogP contribution in [0.5, 0.6) is 5.75 Å². The van der Waals surface area contributed by atoms with Gasteiger partial charge in [-0.1, -0.05) is 6.07 Å². The van der Waals surface area contributed by atoms with Crippen molar-refractivity contribution in [2.75, 3.05) is 0 Å². The van der Waals surface area contributed by atoms with Crippen LogP contribution in [0.2, 0.25) is 0 Å². The van der Waals surface area contributed by atoms with Crippen LogP contribution in [0.3, 0.4) is 0 Å². The van der Waals surface area contributed by atoms with Gasteiger partial charge in [-0.25, -0.2) is 8.78 Å². The zero-order valence-electron chi connectivity index (χ0n) is 21.1. The first kappa shape index (κ1) is 29.4. The number of nitrogens with zero attached hydrogens (tertiary/aromatic N) is 2. The third-order valence-corrected chi connectivity index (χ3v) is 5.85. The van der Waals surface area contributed by atoms with E-state index in [9.17, 15) is 45.2 Å². The maximum absolute atomic E-state index is 14.4. The van der Waals surface area contributed by atoms with E-state index in [4.69, 9.17) is 9.15 Å². The Labute approximate surface area is 226 Å². The van der Waals surface area contributed by atoms with Crippen LogP contribution < -0.4 is 10.3 Å². The summed E-state index contributed by atoms with van der Waals surface area (Å²) in [6.45, 7) is 2.48. The Kier molecular flexibility index (Phi) is 7.71. The lowest BCUT2D eigenvalue weighted by atomic mass is 10.0. The quantitative estimate of drug-likeness (QED) is 0.218. The van der Waals surface area contributed by atoms with Gasteiger partial charge in [-0.15, -0.1) is 0 Å². The lowest BCUT2D eigenvalue weighted by Crippen LogP contribution is -2.29. The molecule has 0 amide bonds. The molecule has 5 nitrogen and oxygen atoms in total. The summed E-state index contributed by atoms with van der Waals surface area (Å²) >= 11 is 0. The molecule has 2 heterocycles. The van der Waals surface area contributed by atoms with E-state index >= 15 is 0 Å². The molecular weight excluding hydrogens is 564 g/mol. The lowest BCUT2D eigenvalue weighted by molar-refractivity contribution is -0.138. The third-order valence-electron chi connectivity index (χ3n) is 5.85. The maximum atomic E-state index is 14.4. The van der Waals surface area contributed by atoms with E-state index in [0.717, 1.165) is 36.6 Å². The molecule has 0 aliphatic rings. The minimum Gasteiger partial charge on any atom is -0.491 e. The number of ether oxygens (including phenoxy) is 1. The van der Waals surface area contributed by atoms with E-state index in [-0.39, 0.29) is 22.4 Å².